The molecule has 1 amide bonds. The number of amides is 1. The summed E-state index contributed by atoms with van der Waals surface area (Å²) in [5.74, 6) is -0.0311. The van der Waals surface area contributed by atoms with E-state index < -0.39 is 6.10 Å². The minimum atomic E-state index is -0.542. The number of aliphatic hydroxyl groups is 1. The second-order valence-electron chi connectivity index (χ2n) is 6.12. The van der Waals surface area contributed by atoms with Crippen molar-refractivity contribution in [3.63, 3.8) is 0 Å². The predicted molar refractivity (Wildman–Crippen MR) is 89.1 cm³/mol. The van der Waals surface area contributed by atoms with Crippen LogP contribution in [0.15, 0.2) is 48.5 Å². The van der Waals surface area contributed by atoms with Gasteiger partial charge in [-0.15, -0.1) is 0 Å². The molecule has 0 spiro atoms. The van der Waals surface area contributed by atoms with Crippen molar-refractivity contribution in [2.45, 2.75) is 38.3 Å². The molecule has 2 atom stereocenters. The highest BCUT2D eigenvalue weighted by atomic mass is 16.3. The Bertz CT molecular complexity index is 672. The van der Waals surface area contributed by atoms with Crippen LogP contribution in [0.4, 0.5) is 0 Å². The summed E-state index contributed by atoms with van der Waals surface area (Å²) in [5.41, 5.74) is 2.24. The molecular weight excluding hydrogens is 288 g/mol. The summed E-state index contributed by atoms with van der Waals surface area (Å²) in [6, 6.07) is 15.2. The zero-order valence-electron chi connectivity index (χ0n) is 13.4. The van der Waals surface area contributed by atoms with Crippen molar-refractivity contribution in [1.82, 2.24) is 9.88 Å². The second kappa shape index (κ2) is 6.92. The number of rotatable bonds is 4. The average molecular weight is 310 g/mol. The highest BCUT2D eigenvalue weighted by molar-refractivity contribution is 5.92. The fourth-order valence-electron chi connectivity index (χ4n) is 3.23. The van der Waals surface area contributed by atoms with Gasteiger partial charge in [-0.1, -0.05) is 36.4 Å². The fraction of sp³-hybridized carbons (Fsp3) is 0.368. The molecule has 1 aliphatic heterocycles. The SMILES string of the molecule is Cc1cccc(C(=O)N2CCC[C@@H]2C[C@@H](O)c2ccccc2)n1. The Morgan fingerprint density at radius 2 is 2.04 bits per heavy atom. The van der Waals surface area contributed by atoms with Gasteiger partial charge in [0.25, 0.3) is 5.91 Å². The van der Waals surface area contributed by atoms with Crippen LogP contribution in [0.2, 0.25) is 0 Å². The van der Waals surface area contributed by atoms with E-state index in [2.05, 4.69) is 4.98 Å². The van der Waals surface area contributed by atoms with Gasteiger partial charge in [0.1, 0.15) is 5.69 Å². The van der Waals surface area contributed by atoms with Crippen LogP contribution in [0.1, 0.15) is 47.1 Å². The van der Waals surface area contributed by atoms with E-state index in [0.717, 1.165) is 30.6 Å². The number of carbonyl (C=O) groups is 1. The normalized spacial score (nSPS) is 18.9. The van der Waals surface area contributed by atoms with E-state index in [4.69, 9.17) is 0 Å². The molecule has 2 heterocycles. The third-order valence-electron chi connectivity index (χ3n) is 4.43. The van der Waals surface area contributed by atoms with E-state index in [1.54, 1.807) is 6.07 Å². The van der Waals surface area contributed by atoms with Gasteiger partial charge in [-0.3, -0.25) is 4.79 Å². The van der Waals surface area contributed by atoms with Crippen molar-refractivity contribution in [1.29, 1.82) is 0 Å². The first-order valence-electron chi connectivity index (χ1n) is 8.13. The molecule has 3 rings (SSSR count). The third-order valence-corrected chi connectivity index (χ3v) is 4.43. The molecule has 4 nitrogen and oxygen atoms in total. The first-order chi connectivity index (χ1) is 11.1. The number of likely N-dealkylation sites (tertiary alicyclic amines) is 1. The molecule has 23 heavy (non-hydrogen) atoms. The number of pyridine rings is 1. The summed E-state index contributed by atoms with van der Waals surface area (Å²) in [7, 11) is 0. The molecular formula is C19H22N2O2. The van der Waals surface area contributed by atoms with Crippen molar-refractivity contribution in [3.05, 3.63) is 65.5 Å². The number of hydrogen-bond donors (Lipinski definition) is 1. The van der Waals surface area contributed by atoms with E-state index in [-0.39, 0.29) is 11.9 Å². The largest absolute Gasteiger partial charge is 0.388 e. The zero-order valence-corrected chi connectivity index (χ0v) is 13.4. The third kappa shape index (κ3) is 3.59. The molecule has 0 saturated carbocycles. The van der Waals surface area contributed by atoms with E-state index in [1.807, 2.05) is 54.3 Å². The van der Waals surface area contributed by atoms with Crippen LogP contribution in [0.3, 0.4) is 0 Å². The quantitative estimate of drug-likeness (QED) is 0.944. The first-order valence-corrected chi connectivity index (χ1v) is 8.13. The van der Waals surface area contributed by atoms with E-state index >= 15 is 0 Å². The minimum Gasteiger partial charge on any atom is -0.388 e. The lowest BCUT2D eigenvalue weighted by Gasteiger charge is -2.26. The van der Waals surface area contributed by atoms with Gasteiger partial charge >= 0.3 is 0 Å². The van der Waals surface area contributed by atoms with Crippen LogP contribution in [0.25, 0.3) is 0 Å². The maximum atomic E-state index is 12.7. The highest BCUT2D eigenvalue weighted by Crippen LogP contribution is 2.28. The van der Waals surface area contributed by atoms with Crippen molar-refractivity contribution in [3.8, 4) is 0 Å². The predicted octanol–water partition coefficient (Wildman–Crippen LogP) is 3.12. The maximum absolute atomic E-state index is 12.7. The molecule has 120 valence electrons. The van der Waals surface area contributed by atoms with Gasteiger partial charge in [0.05, 0.1) is 6.10 Å². The Balaban J connectivity index is 1.71. The van der Waals surface area contributed by atoms with Crippen molar-refractivity contribution in [2.24, 2.45) is 0 Å². The second-order valence-corrected chi connectivity index (χ2v) is 6.12. The van der Waals surface area contributed by atoms with Crippen LogP contribution < -0.4 is 0 Å². The van der Waals surface area contributed by atoms with Crippen LogP contribution in [-0.4, -0.2) is 33.5 Å². The van der Waals surface area contributed by atoms with Gasteiger partial charge in [-0.05, 0) is 43.9 Å². The highest BCUT2D eigenvalue weighted by Gasteiger charge is 2.31. The number of aliphatic hydroxyl groups excluding tert-OH is 1. The molecule has 0 radical (unpaired) electrons. The Hall–Kier alpha value is -2.20. The first kappa shape index (κ1) is 15.7. The lowest BCUT2D eigenvalue weighted by Crippen LogP contribution is -2.37. The fourth-order valence-corrected chi connectivity index (χ4v) is 3.23. The molecule has 0 unspecified atom stereocenters. The molecule has 1 fully saturated rings. The molecule has 0 bridgehead atoms. The van der Waals surface area contributed by atoms with Crippen LogP contribution in [0.5, 0.6) is 0 Å². The summed E-state index contributed by atoms with van der Waals surface area (Å²) in [5, 5.41) is 10.4. The Labute approximate surface area is 136 Å². The molecule has 4 heteroatoms. The smallest absolute Gasteiger partial charge is 0.272 e. The van der Waals surface area contributed by atoms with Gasteiger partial charge in [0.2, 0.25) is 0 Å². The lowest BCUT2D eigenvalue weighted by atomic mass is 10.0. The van der Waals surface area contributed by atoms with Crippen molar-refractivity contribution >= 4 is 5.91 Å². The van der Waals surface area contributed by atoms with Gasteiger partial charge in [-0.25, -0.2) is 4.98 Å². The van der Waals surface area contributed by atoms with Gasteiger partial charge in [0.15, 0.2) is 0 Å². The number of benzene rings is 1. The molecule has 1 aromatic carbocycles. The van der Waals surface area contributed by atoms with Crippen LogP contribution in [-0.2, 0) is 0 Å². The van der Waals surface area contributed by atoms with E-state index in [0.29, 0.717) is 12.1 Å². The maximum Gasteiger partial charge on any atom is 0.272 e. The number of aryl methyl sites for hydroxylation is 1. The van der Waals surface area contributed by atoms with Crippen molar-refractivity contribution in [2.75, 3.05) is 6.54 Å². The van der Waals surface area contributed by atoms with Gasteiger partial charge < -0.3 is 10.0 Å². The Kier molecular flexibility index (Phi) is 4.72. The van der Waals surface area contributed by atoms with Gasteiger partial charge in [-0.2, -0.15) is 0 Å². The molecule has 1 aliphatic rings. The van der Waals surface area contributed by atoms with Crippen LogP contribution >= 0.6 is 0 Å². The minimum absolute atomic E-state index is 0.0311. The topological polar surface area (TPSA) is 53.4 Å². The molecule has 0 aliphatic carbocycles. The monoisotopic (exact) mass is 310 g/mol. The summed E-state index contributed by atoms with van der Waals surface area (Å²) in [6.45, 7) is 2.62. The molecule has 1 N–H and O–H groups in total. The lowest BCUT2D eigenvalue weighted by molar-refractivity contribution is 0.0661. The molecule has 2 aromatic rings. The summed E-state index contributed by atoms with van der Waals surface area (Å²) >= 11 is 0. The Morgan fingerprint density at radius 3 is 2.78 bits per heavy atom. The standard InChI is InChI=1S/C19H22N2O2/c1-14-7-5-11-17(20-14)19(23)21-12-6-10-16(21)13-18(22)15-8-3-2-4-9-15/h2-5,7-9,11,16,18,22H,6,10,12-13H2,1H3/t16-,18-/m1/s1. The molecule has 1 aromatic heterocycles. The Morgan fingerprint density at radius 1 is 1.26 bits per heavy atom. The number of aromatic nitrogens is 1. The van der Waals surface area contributed by atoms with Crippen LogP contribution in [0, 0.1) is 6.92 Å². The number of nitrogens with zero attached hydrogens (tertiary/aromatic N) is 2. The van der Waals surface area contributed by atoms with Crippen molar-refractivity contribution < 1.29 is 9.90 Å². The van der Waals surface area contributed by atoms with Gasteiger partial charge in [0, 0.05) is 18.3 Å². The summed E-state index contributed by atoms with van der Waals surface area (Å²) < 4.78 is 0. The van der Waals surface area contributed by atoms with E-state index in [1.165, 1.54) is 0 Å². The average Bonchev–Trinajstić information content (AvgIpc) is 3.03. The summed E-state index contributed by atoms with van der Waals surface area (Å²) in [6.07, 6.45) is 1.94. The number of carbonyl (C=O) groups excluding carboxylic acids is 1. The van der Waals surface area contributed by atoms with E-state index in [9.17, 15) is 9.90 Å². The summed E-state index contributed by atoms with van der Waals surface area (Å²) in [4.78, 5) is 18.9. The molecule has 1 saturated heterocycles. The zero-order chi connectivity index (χ0) is 16.2. The number of hydrogen-bond acceptors (Lipinski definition) is 3.